The van der Waals surface area contributed by atoms with Crippen molar-refractivity contribution in [1.29, 1.82) is 0 Å². The van der Waals surface area contributed by atoms with Gasteiger partial charge in [-0.3, -0.25) is 9.78 Å². The van der Waals surface area contributed by atoms with Gasteiger partial charge < -0.3 is 29.3 Å². The standard InChI is InChI=1S/C32H35ClN2O6/c1-31(30(36)37)21-35(16-13-32(31,38)22-7-9-23(33)10-8-22)15-4-6-25-26-5-3-14-34-28(26)20-41-29-12-11-24(19-27(25)29)40-18-17-39-2/h3,5-12,14,19,38H,4,13,15-18,20-21H2,1-2H3,(H,36,37)/b25-6+. The third kappa shape index (κ3) is 5.83. The Kier molecular flexibility index (Phi) is 8.66. The molecule has 1 saturated heterocycles. The zero-order valence-corrected chi connectivity index (χ0v) is 24.1. The molecule has 41 heavy (non-hydrogen) atoms. The van der Waals surface area contributed by atoms with E-state index in [1.165, 1.54) is 0 Å². The van der Waals surface area contributed by atoms with Gasteiger partial charge in [0.2, 0.25) is 0 Å². The molecule has 2 unspecified atom stereocenters. The third-order valence-corrected chi connectivity index (χ3v) is 8.42. The van der Waals surface area contributed by atoms with E-state index in [9.17, 15) is 15.0 Å². The molecule has 2 aliphatic rings. The molecule has 2 N–H and O–H groups in total. The van der Waals surface area contributed by atoms with Crippen LogP contribution < -0.4 is 9.47 Å². The lowest BCUT2D eigenvalue weighted by atomic mass is 9.65. The van der Waals surface area contributed by atoms with Crippen LogP contribution in [0.3, 0.4) is 0 Å². The van der Waals surface area contributed by atoms with Crippen LogP contribution in [0.4, 0.5) is 0 Å². The van der Waals surface area contributed by atoms with Crippen molar-refractivity contribution in [1.82, 2.24) is 9.88 Å². The lowest BCUT2D eigenvalue weighted by molar-refractivity contribution is -0.183. The Morgan fingerprint density at radius 3 is 2.73 bits per heavy atom. The number of piperidine rings is 1. The number of nitrogens with zero attached hydrogens (tertiary/aromatic N) is 2. The first-order valence-corrected chi connectivity index (χ1v) is 14.1. The largest absolute Gasteiger partial charge is 0.491 e. The van der Waals surface area contributed by atoms with E-state index in [4.69, 9.17) is 25.8 Å². The first-order chi connectivity index (χ1) is 19.7. The van der Waals surface area contributed by atoms with Crippen molar-refractivity contribution in [2.75, 3.05) is 40.0 Å². The van der Waals surface area contributed by atoms with Crippen LogP contribution in [0.1, 0.15) is 42.1 Å². The smallest absolute Gasteiger partial charge is 0.313 e. The molecule has 3 heterocycles. The number of carboxylic acid groups (broad SMARTS) is 1. The lowest BCUT2D eigenvalue weighted by Crippen LogP contribution is -2.60. The fraction of sp³-hybridized carbons (Fsp3) is 0.375. The van der Waals surface area contributed by atoms with Crippen LogP contribution in [-0.4, -0.2) is 66.0 Å². The number of fused-ring (bicyclic) bond motifs is 2. The minimum atomic E-state index is -1.51. The quantitative estimate of drug-likeness (QED) is 0.336. The van der Waals surface area contributed by atoms with Crippen molar-refractivity contribution in [2.45, 2.75) is 32.0 Å². The Morgan fingerprint density at radius 2 is 1.98 bits per heavy atom. The predicted molar refractivity (Wildman–Crippen MR) is 156 cm³/mol. The fourth-order valence-corrected chi connectivity index (χ4v) is 5.88. The van der Waals surface area contributed by atoms with E-state index >= 15 is 0 Å². The van der Waals surface area contributed by atoms with Gasteiger partial charge in [-0.1, -0.05) is 35.9 Å². The molecule has 1 fully saturated rings. The highest BCUT2D eigenvalue weighted by Gasteiger charge is 2.56. The number of ether oxygens (including phenoxy) is 3. The highest BCUT2D eigenvalue weighted by atomic mass is 35.5. The van der Waals surface area contributed by atoms with Crippen molar-refractivity contribution < 1.29 is 29.2 Å². The van der Waals surface area contributed by atoms with Crippen molar-refractivity contribution in [2.24, 2.45) is 5.41 Å². The van der Waals surface area contributed by atoms with E-state index in [-0.39, 0.29) is 6.54 Å². The average Bonchev–Trinajstić information content (AvgIpc) is 3.12. The Morgan fingerprint density at radius 1 is 1.17 bits per heavy atom. The molecule has 0 saturated carbocycles. The van der Waals surface area contributed by atoms with E-state index in [0.29, 0.717) is 56.3 Å². The molecular formula is C32H35ClN2O6. The van der Waals surface area contributed by atoms with Crippen molar-refractivity contribution in [3.05, 3.63) is 94.3 Å². The summed E-state index contributed by atoms with van der Waals surface area (Å²) >= 11 is 6.05. The number of rotatable bonds is 9. The van der Waals surface area contributed by atoms with Crippen LogP contribution in [0.2, 0.25) is 5.02 Å². The van der Waals surface area contributed by atoms with E-state index in [2.05, 4.69) is 16.0 Å². The molecule has 5 rings (SSSR count). The van der Waals surface area contributed by atoms with Gasteiger partial charge in [-0.15, -0.1) is 0 Å². The van der Waals surface area contributed by atoms with Crippen LogP contribution in [0.5, 0.6) is 11.5 Å². The number of aliphatic hydroxyl groups is 1. The number of halogens is 1. The number of likely N-dealkylation sites (tertiary alicyclic amines) is 1. The molecular weight excluding hydrogens is 544 g/mol. The molecule has 0 spiro atoms. The van der Waals surface area contributed by atoms with Gasteiger partial charge in [0, 0.05) is 49.1 Å². The monoisotopic (exact) mass is 578 g/mol. The number of pyridine rings is 1. The minimum absolute atomic E-state index is 0.208. The Bertz CT molecular complexity index is 1430. The number of benzene rings is 2. The highest BCUT2D eigenvalue weighted by molar-refractivity contribution is 6.30. The van der Waals surface area contributed by atoms with Crippen LogP contribution in [0.25, 0.3) is 5.57 Å². The summed E-state index contributed by atoms with van der Waals surface area (Å²) < 4.78 is 17.1. The number of aliphatic carboxylic acids is 1. The van der Waals surface area contributed by atoms with Crippen molar-refractivity contribution in [3.63, 3.8) is 0 Å². The van der Waals surface area contributed by atoms with E-state index in [1.807, 2.05) is 30.3 Å². The molecule has 2 atom stereocenters. The molecule has 3 aromatic rings. The first-order valence-electron chi connectivity index (χ1n) is 13.7. The molecule has 1 aromatic heterocycles. The molecule has 8 nitrogen and oxygen atoms in total. The summed E-state index contributed by atoms with van der Waals surface area (Å²) in [4.78, 5) is 19.2. The summed E-state index contributed by atoms with van der Waals surface area (Å²) in [7, 11) is 1.64. The molecule has 216 valence electrons. The summed E-state index contributed by atoms with van der Waals surface area (Å²) in [6.07, 6.45) is 4.87. The van der Waals surface area contributed by atoms with Gasteiger partial charge in [0.1, 0.15) is 35.7 Å². The van der Waals surface area contributed by atoms with Crippen LogP contribution in [-0.2, 0) is 21.7 Å². The van der Waals surface area contributed by atoms with Gasteiger partial charge in [0.25, 0.3) is 0 Å². The van der Waals surface area contributed by atoms with Crippen molar-refractivity contribution in [3.8, 4) is 11.5 Å². The summed E-state index contributed by atoms with van der Waals surface area (Å²) in [6, 6.07) is 16.5. The van der Waals surface area contributed by atoms with Gasteiger partial charge in [0.05, 0.1) is 12.3 Å². The average molecular weight is 579 g/mol. The summed E-state index contributed by atoms with van der Waals surface area (Å²) in [5.74, 6) is 0.434. The molecule has 9 heteroatoms. The number of methoxy groups -OCH3 is 1. The first kappa shape index (κ1) is 29.1. The molecule has 2 aliphatic heterocycles. The second-order valence-corrected chi connectivity index (χ2v) is 11.2. The maximum Gasteiger partial charge on any atom is 0.313 e. The summed E-state index contributed by atoms with van der Waals surface area (Å²) in [6.45, 7) is 4.30. The van der Waals surface area contributed by atoms with Crippen LogP contribution in [0, 0.1) is 5.41 Å². The van der Waals surface area contributed by atoms with E-state index in [1.54, 1.807) is 44.5 Å². The Balaban J connectivity index is 1.39. The number of hydrogen-bond acceptors (Lipinski definition) is 7. The van der Waals surface area contributed by atoms with Gasteiger partial charge in [-0.2, -0.15) is 0 Å². The molecule has 0 radical (unpaired) electrons. The summed E-state index contributed by atoms with van der Waals surface area (Å²) in [5, 5.41) is 22.5. The number of carbonyl (C=O) groups is 1. The number of carboxylic acids is 1. The normalized spacial score (nSPS) is 23.3. The Labute approximate surface area is 245 Å². The van der Waals surface area contributed by atoms with Crippen molar-refractivity contribution >= 4 is 23.1 Å². The maximum absolute atomic E-state index is 12.6. The number of hydrogen-bond donors (Lipinski definition) is 2. The Hall–Kier alpha value is -3.43. The topological polar surface area (TPSA) is 101 Å². The van der Waals surface area contributed by atoms with E-state index in [0.717, 1.165) is 33.9 Å². The zero-order chi connectivity index (χ0) is 29.0. The third-order valence-electron chi connectivity index (χ3n) is 8.17. The zero-order valence-electron chi connectivity index (χ0n) is 23.3. The SMILES string of the molecule is COCCOc1ccc2c(c1)/C(=C/CCN1CCC(O)(c3ccc(Cl)cc3)C(C)(C(=O)O)C1)c1cccnc1CO2. The lowest BCUT2D eigenvalue weighted by Gasteiger charge is -2.49. The highest BCUT2D eigenvalue weighted by Crippen LogP contribution is 2.47. The van der Waals surface area contributed by atoms with Gasteiger partial charge in [-0.25, -0.2) is 0 Å². The maximum atomic E-state index is 12.6. The second-order valence-electron chi connectivity index (χ2n) is 10.7. The number of aromatic nitrogens is 1. The second kappa shape index (κ2) is 12.2. The summed E-state index contributed by atoms with van der Waals surface area (Å²) in [5.41, 5.74) is 1.40. The fourth-order valence-electron chi connectivity index (χ4n) is 5.76. The molecule has 2 aromatic carbocycles. The van der Waals surface area contributed by atoms with Crippen LogP contribution in [0.15, 0.2) is 66.9 Å². The van der Waals surface area contributed by atoms with Crippen LogP contribution >= 0.6 is 11.6 Å². The predicted octanol–water partition coefficient (Wildman–Crippen LogP) is 5.16. The van der Waals surface area contributed by atoms with Gasteiger partial charge >= 0.3 is 5.97 Å². The minimum Gasteiger partial charge on any atom is -0.491 e. The molecule has 0 aliphatic carbocycles. The molecule has 0 bridgehead atoms. The van der Waals surface area contributed by atoms with E-state index < -0.39 is 17.0 Å². The van der Waals surface area contributed by atoms with Gasteiger partial charge in [0.15, 0.2) is 0 Å². The molecule has 0 amide bonds. The van der Waals surface area contributed by atoms with Gasteiger partial charge in [-0.05, 0) is 67.3 Å².